The Morgan fingerprint density at radius 3 is 2.52 bits per heavy atom. The molecule has 1 amide bonds. The van der Waals surface area contributed by atoms with Crippen LogP contribution in [0.3, 0.4) is 0 Å². The molecular formula is C21H32BN2O5. The van der Waals surface area contributed by atoms with Gasteiger partial charge in [-0.25, -0.2) is 4.79 Å². The van der Waals surface area contributed by atoms with Gasteiger partial charge in [-0.2, -0.15) is 0 Å². The van der Waals surface area contributed by atoms with Crippen LogP contribution < -0.4 is 15.8 Å². The van der Waals surface area contributed by atoms with Crippen LogP contribution in [0.4, 0.5) is 0 Å². The van der Waals surface area contributed by atoms with Crippen LogP contribution in [0.1, 0.15) is 32.3 Å². The van der Waals surface area contributed by atoms with E-state index in [9.17, 15) is 9.59 Å². The summed E-state index contributed by atoms with van der Waals surface area (Å²) in [5.74, 6) is -0.421. The Bertz CT molecular complexity index is 636. The first kappa shape index (κ1) is 24.7. The minimum atomic E-state index is -0.707. The Labute approximate surface area is 174 Å². The Balaban J connectivity index is 2.80. The molecule has 0 fully saturated rings. The highest BCUT2D eigenvalue weighted by Gasteiger charge is 2.28. The van der Waals surface area contributed by atoms with Crippen LogP contribution in [0, 0.1) is 5.92 Å². The molecule has 0 unspecified atom stereocenters. The lowest BCUT2D eigenvalue weighted by Gasteiger charge is -2.22. The van der Waals surface area contributed by atoms with Crippen LogP contribution in [0.15, 0.2) is 36.9 Å². The van der Waals surface area contributed by atoms with Crippen molar-refractivity contribution < 1.29 is 23.7 Å². The zero-order chi connectivity index (χ0) is 21.6. The number of nitrogens with two attached hydrogens (primary N) is 1. The number of hydrogen-bond donors (Lipinski definition) is 2. The minimum absolute atomic E-state index is 0.0354. The van der Waals surface area contributed by atoms with Crippen LogP contribution in [0.25, 0.3) is 0 Å². The van der Waals surface area contributed by atoms with Crippen LogP contribution in [0.2, 0.25) is 5.82 Å². The summed E-state index contributed by atoms with van der Waals surface area (Å²) in [5, 5.41) is 2.77. The van der Waals surface area contributed by atoms with Crippen molar-refractivity contribution >= 4 is 19.4 Å². The molecule has 2 atom stereocenters. The van der Waals surface area contributed by atoms with Crippen molar-refractivity contribution in [2.45, 2.75) is 45.0 Å². The predicted molar refractivity (Wildman–Crippen MR) is 114 cm³/mol. The van der Waals surface area contributed by atoms with E-state index in [-0.39, 0.29) is 18.6 Å². The largest absolute Gasteiger partial charge is 0.493 e. The standard InChI is InChI=1S/C21H32BN2O5/c1-5-6-11-28-17-9-7-16(8-10-17)13-18(22-29-14-23)20(25)24-19(12-15(2)3)21(26)27-4/h5,7-10,15,18-19H,1,6,11-14,23H2,2-4H3,(H,24,25)/t18-,19-/m0/s1. The summed E-state index contributed by atoms with van der Waals surface area (Å²) in [6, 6.07) is 6.79. The molecule has 0 bridgehead atoms. The van der Waals surface area contributed by atoms with E-state index in [1.54, 1.807) is 6.08 Å². The molecule has 7 nitrogen and oxygen atoms in total. The van der Waals surface area contributed by atoms with Crippen molar-refractivity contribution in [3.05, 3.63) is 42.5 Å². The van der Waals surface area contributed by atoms with E-state index in [0.29, 0.717) is 19.4 Å². The summed E-state index contributed by atoms with van der Waals surface area (Å²) in [6.45, 7) is 8.14. The average molecular weight is 403 g/mol. The Kier molecular flexibility index (Phi) is 11.8. The normalized spacial score (nSPS) is 12.7. The number of esters is 1. The lowest BCUT2D eigenvalue weighted by molar-refractivity contribution is -0.145. The highest BCUT2D eigenvalue weighted by molar-refractivity contribution is 6.37. The van der Waals surface area contributed by atoms with Gasteiger partial charge in [0.15, 0.2) is 0 Å². The molecule has 3 N–H and O–H groups in total. The van der Waals surface area contributed by atoms with Crippen molar-refractivity contribution in [1.29, 1.82) is 0 Å². The van der Waals surface area contributed by atoms with Crippen LogP contribution >= 0.6 is 0 Å². The topological polar surface area (TPSA) is 99.9 Å². The Morgan fingerprint density at radius 1 is 1.28 bits per heavy atom. The molecule has 0 heterocycles. The molecule has 0 spiro atoms. The van der Waals surface area contributed by atoms with Crippen molar-refractivity contribution in [1.82, 2.24) is 5.32 Å². The van der Waals surface area contributed by atoms with E-state index in [0.717, 1.165) is 17.7 Å². The molecule has 1 aromatic rings. The second kappa shape index (κ2) is 13.8. The second-order valence-electron chi connectivity index (χ2n) is 7.06. The third kappa shape index (κ3) is 9.63. The Morgan fingerprint density at radius 2 is 1.97 bits per heavy atom. The molecule has 29 heavy (non-hydrogen) atoms. The fraction of sp³-hybridized carbons (Fsp3) is 0.524. The van der Waals surface area contributed by atoms with Crippen molar-refractivity contribution in [2.75, 3.05) is 20.4 Å². The van der Waals surface area contributed by atoms with Gasteiger partial charge in [0.25, 0.3) is 0 Å². The van der Waals surface area contributed by atoms with E-state index in [1.165, 1.54) is 14.6 Å². The average Bonchev–Trinajstić information content (AvgIpc) is 2.70. The van der Waals surface area contributed by atoms with Gasteiger partial charge in [-0.05, 0) is 42.9 Å². The van der Waals surface area contributed by atoms with Gasteiger partial charge in [-0.1, -0.05) is 32.1 Å². The number of carbonyl (C=O) groups is 2. The maximum Gasteiger partial charge on any atom is 0.328 e. The third-order valence-electron chi connectivity index (χ3n) is 4.17. The van der Waals surface area contributed by atoms with E-state index < -0.39 is 17.8 Å². The number of nitrogens with one attached hydrogen (secondary N) is 1. The van der Waals surface area contributed by atoms with E-state index >= 15 is 0 Å². The maximum absolute atomic E-state index is 12.8. The van der Waals surface area contributed by atoms with Gasteiger partial charge in [0, 0.05) is 5.82 Å². The number of rotatable bonds is 14. The minimum Gasteiger partial charge on any atom is -0.493 e. The van der Waals surface area contributed by atoms with Gasteiger partial charge < -0.3 is 25.2 Å². The lowest BCUT2D eigenvalue weighted by atomic mass is 9.75. The number of methoxy groups -OCH3 is 1. The van der Waals surface area contributed by atoms with Crippen molar-refractivity contribution in [3.8, 4) is 5.75 Å². The molecule has 0 aliphatic heterocycles. The molecule has 1 aromatic carbocycles. The zero-order valence-electron chi connectivity index (χ0n) is 17.6. The molecular weight excluding hydrogens is 371 g/mol. The number of amides is 1. The predicted octanol–water partition coefficient (Wildman–Crippen LogP) is 2.23. The van der Waals surface area contributed by atoms with Crippen LogP contribution in [0.5, 0.6) is 5.75 Å². The number of carbonyl (C=O) groups excluding carboxylic acids is 2. The maximum atomic E-state index is 12.8. The molecule has 0 aliphatic rings. The highest BCUT2D eigenvalue weighted by Crippen LogP contribution is 2.19. The second-order valence-corrected chi connectivity index (χ2v) is 7.06. The highest BCUT2D eigenvalue weighted by atomic mass is 16.5. The van der Waals surface area contributed by atoms with Crippen LogP contribution in [-0.4, -0.2) is 45.8 Å². The van der Waals surface area contributed by atoms with Gasteiger partial charge in [-0.3, -0.25) is 4.79 Å². The van der Waals surface area contributed by atoms with Crippen LogP contribution in [-0.2, 0) is 25.4 Å². The summed E-state index contributed by atoms with van der Waals surface area (Å²) in [7, 11) is 2.72. The molecule has 159 valence electrons. The summed E-state index contributed by atoms with van der Waals surface area (Å²) in [4.78, 5) is 24.8. The van der Waals surface area contributed by atoms with E-state index in [2.05, 4.69) is 11.9 Å². The van der Waals surface area contributed by atoms with Gasteiger partial charge in [0.2, 0.25) is 5.91 Å². The quantitative estimate of drug-likeness (QED) is 0.163. The summed E-state index contributed by atoms with van der Waals surface area (Å²) in [5.41, 5.74) is 6.33. The summed E-state index contributed by atoms with van der Waals surface area (Å²) < 4.78 is 15.6. The van der Waals surface area contributed by atoms with Gasteiger partial charge in [0.05, 0.1) is 20.4 Å². The molecule has 8 heteroatoms. The molecule has 0 saturated carbocycles. The fourth-order valence-electron chi connectivity index (χ4n) is 2.72. The third-order valence-corrected chi connectivity index (χ3v) is 4.17. The number of benzene rings is 1. The van der Waals surface area contributed by atoms with Crippen molar-refractivity contribution in [3.63, 3.8) is 0 Å². The zero-order valence-corrected chi connectivity index (χ0v) is 17.6. The number of hydrogen-bond acceptors (Lipinski definition) is 6. The molecule has 0 aliphatic carbocycles. The lowest BCUT2D eigenvalue weighted by Crippen LogP contribution is -2.45. The first-order valence-corrected chi connectivity index (χ1v) is 9.77. The fourth-order valence-corrected chi connectivity index (χ4v) is 2.72. The first-order valence-electron chi connectivity index (χ1n) is 9.77. The van der Waals surface area contributed by atoms with Crippen molar-refractivity contribution in [2.24, 2.45) is 11.7 Å². The molecule has 1 rings (SSSR count). The first-order chi connectivity index (χ1) is 13.9. The molecule has 1 radical (unpaired) electrons. The smallest absolute Gasteiger partial charge is 0.328 e. The molecule has 0 aromatic heterocycles. The van der Waals surface area contributed by atoms with Gasteiger partial charge in [-0.15, -0.1) is 6.58 Å². The molecule has 0 saturated heterocycles. The SMILES string of the molecule is C=CCCOc1ccc(C[C@H]([B]OCN)C(=O)N[C@@H](CC(C)C)C(=O)OC)cc1. The van der Waals surface area contributed by atoms with E-state index in [4.69, 9.17) is 19.9 Å². The monoisotopic (exact) mass is 403 g/mol. The summed E-state index contributed by atoms with van der Waals surface area (Å²) in [6.07, 6.45) is 3.45. The van der Waals surface area contributed by atoms with Gasteiger partial charge >= 0.3 is 13.5 Å². The summed E-state index contributed by atoms with van der Waals surface area (Å²) >= 11 is 0. The van der Waals surface area contributed by atoms with Gasteiger partial charge in [0.1, 0.15) is 11.8 Å². The van der Waals surface area contributed by atoms with E-state index in [1.807, 2.05) is 38.1 Å². The Hall–Kier alpha value is -2.32. The number of ether oxygens (including phenoxy) is 2.